The molecule has 2 N–H and O–H groups in total. The molecule has 80 valence electrons. The first-order valence-corrected chi connectivity index (χ1v) is 5.50. The van der Waals surface area contributed by atoms with Crippen molar-refractivity contribution in [2.45, 2.75) is 6.04 Å². The number of thiazole rings is 1. The van der Waals surface area contributed by atoms with Gasteiger partial charge in [0.25, 0.3) is 0 Å². The lowest BCUT2D eigenvalue weighted by Crippen LogP contribution is -2.31. The van der Waals surface area contributed by atoms with E-state index in [9.17, 15) is 0 Å². The third-order valence-corrected chi connectivity index (χ3v) is 2.77. The molecule has 1 atom stereocenters. The smallest absolute Gasteiger partial charge is 0.112 e. The first kappa shape index (κ1) is 11.6. The van der Waals surface area contributed by atoms with E-state index in [0.29, 0.717) is 0 Å². The molecule has 1 unspecified atom stereocenters. The Bertz CT molecular complexity index is 238. The van der Waals surface area contributed by atoms with Crippen molar-refractivity contribution in [3.63, 3.8) is 0 Å². The zero-order valence-electron chi connectivity index (χ0n) is 8.60. The number of aromatic nitrogens is 1. The zero-order valence-corrected chi connectivity index (χ0v) is 9.42. The van der Waals surface area contributed by atoms with Gasteiger partial charge in [0.2, 0.25) is 0 Å². The van der Waals surface area contributed by atoms with Crippen LogP contribution in [-0.4, -0.2) is 48.8 Å². The van der Waals surface area contributed by atoms with E-state index in [-0.39, 0.29) is 12.6 Å². The minimum absolute atomic E-state index is 0.0186. The molecule has 1 rings (SSSR count). The molecule has 14 heavy (non-hydrogen) atoms. The SMILES string of the molecule is CN(C)CCNC(CO)c1nccs1. The standard InChI is InChI=1S/C9H17N3OS/c1-12(2)5-3-10-8(7-13)9-11-4-6-14-9/h4,6,8,10,13H,3,5,7H2,1-2H3. The lowest BCUT2D eigenvalue weighted by Gasteiger charge is -2.15. The Morgan fingerprint density at radius 3 is 2.93 bits per heavy atom. The molecule has 1 aromatic heterocycles. The van der Waals surface area contributed by atoms with Gasteiger partial charge in [-0.1, -0.05) is 0 Å². The fourth-order valence-corrected chi connectivity index (χ4v) is 1.80. The van der Waals surface area contributed by atoms with Crippen molar-refractivity contribution >= 4 is 11.3 Å². The third-order valence-electron chi connectivity index (χ3n) is 1.88. The second-order valence-electron chi connectivity index (χ2n) is 3.36. The van der Waals surface area contributed by atoms with Crippen LogP contribution in [0.4, 0.5) is 0 Å². The maximum atomic E-state index is 9.15. The zero-order chi connectivity index (χ0) is 10.4. The number of hydrogen-bond acceptors (Lipinski definition) is 5. The van der Waals surface area contributed by atoms with Gasteiger partial charge in [-0.15, -0.1) is 11.3 Å². The summed E-state index contributed by atoms with van der Waals surface area (Å²) in [5.41, 5.74) is 0. The molecule has 1 heterocycles. The van der Waals surface area contributed by atoms with E-state index >= 15 is 0 Å². The van der Waals surface area contributed by atoms with Crippen LogP contribution in [0.15, 0.2) is 11.6 Å². The van der Waals surface area contributed by atoms with Crippen LogP contribution < -0.4 is 5.32 Å². The summed E-state index contributed by atoms with van der Waals surface area (Å²) in [4.78, 5) is 6.27. The van der Waals surface area contributed by atoms with Crippen molar-refractivity contribution in [2.24, 2.45) is 0 Å². The maximum absolute atomic E-state index is 9.15. The first-order chi connectivity index (χ1) is 6.74. The molecule has 0 saturated carbocycles. The average Bonchev–Trinajstić information content (AvgIpc) is 2.64. The van der Waals surface area contributed by atoms with E-state index in [2.05, 4.69) is 15.2 Å². The normalized spacial score (nSPS) is 13.4. The average molecular weight is 215 g/mol. The van der Waals surface area contributed by atoms with E-state index in [1.165, 1.54) is 0 Å². The fourth-order valence-electron chi connectivity index (χ4n) is 1.10. The van der Waals surface area contributed by atoms with Crippen molar-refractivity contribution in [3.8, 4) is 0 Å². The molecule has 0 fully saturated rings. The number of rotatable bonds is 6. The number of nitrogens with one attached hydrogen (secondary N) is 1. The highest BCUT2D eigenvalue weighted by molar-refractivity contribution is 7.09. The molecule has 0 aromatic carbocycles. The van der Waals surface area contributed by atoms with Crippen LogP contribution in [0.1, 0.15) is 11.0 Å². The van der Waals surface area contributed by atoms with Crippen LogP contribution in [0.2, 0.25) is 0 Å². The Kier molecular flexibility index (Phi) is 5.03. The summed E-state index contributed by atoms with van der Waals surface area (Å²) < 4.78 is 0. The summed E-state index contributed by atoms with van der Waals surface area (Å²) in [6.07, 6.45) is 1.76. The highest BCUT2D eigenvalue weighted by Gasteiger charge is 2.11. The lowest BCUT2D eigenvalue weighted by atomic mass is 10.3. The van der Waals surface area contributed by atoms with Crippen molar-refractivity contribution < 1.29 is 5.11 Å². The molecule has 0 bridgehead atoms. The molecule has 0 radical (unpaired) electrons. The Morgan fingerprint density at radius 1 is 1.64 bits per heavy atom. The van der Waals surface area contributed by atoms with Gasteiger partial charge < -0.3 is 15.3 Å². The molecule has 0 aliphatic heterocycles. The van der Waals surface area contributed by atoms with Crippen LogP contribution in [0.25, 0.3) is 0 Å². The summed E-state index contributed by atoms with van der Waals surface area (Å²) in [7, 11) is 4.05. The van der Waals surface area contributed by atoms with E-state index in [1.807, 2.05) is 19.5 Å². The number of likely N-dealkylation sites (N-methyl/N-ethyl adjacent to an activating group) is 1. The molecule has 0 saturated heterocycles. The van der Waals surface area contributed by atoms with Crippen LogP contribution in [-0.2, 0) is 0 Å². The second-order valence-corrected chi connectivity index (χ2v) is 4.29. The first-order valence-electron chi connectivity index (χ1n) is 4.62. The topological polar surface area (TPSA) is 48.4 Å². The molecular weight excluding hydrogens is 198 g/mol. The third kappa shape index (κ3) is 3.71. The summed E-state index contributed by atoms with van der Waals surface area (Å²) >= 11 is 1.57. The van der Waals surface area contributed by atoms with E-state index in [4.69, 9.17) is 5.11 Å². The van der Waals surface area contributed by atoms with Crippen molar-refractivity contribution in [1.82, 2.24) is 15.2 Å². The highest BCUT2D eigenvalue weighted by atomic mass is 32.1. The Hall–Kier alpha value is -0.490. The van der Waals surface area contributed by atoms with E-state index in [0.717, 1.165) is 18.1 Å². The summed E-state index contributed by atoms with van der Waals surface area (Å²) in [5, 5.41) is 15.3. The molecule has 0 spiro atoms. The minimum Gasteiger partial charge on any atom is -0.394 e. The number of nitrogens with zero attached hydrogens (tertiary/aromatic N) is 2. The molecule has 0 aliphatic rings. The van der Waals surface area contributed by atoms with Gasteiger partial charge in [-0.05, 0) is 14.1 Å². The van der Waals surface area contributed by atoms with Crippen LogP contribution in [0.5, 0.6) is 0 Å². The predicted octanol–water partition coefficient (Wildman–Crippen LogP) is 0.328. The molecule has 0 aliphatic carbocycles. The lowest BCUT2D eigenvalue weighted by molar-refractivity contribution is 0.240. The minimum atomic E-state index is -0.0186. The largest absolute Gasteiger partial charge is 0.394 e. The summed E-state index contributed by atoms with van der Waals surface area (Å²) in [5.74, 6) is 0. The summed E-state index contributed by atoms with van der Waals surface area (Å²) in [6, 6.07) is -0.0186. The highest BCUT2D eigenvalue weighted by Crippen LogP contribution is 2.14. The van der Waals surface area contributed by atoms with Gasteiger partial charge in [0, 0.05) is 24.7 Å². The van der Waals surface area contributed by atoms with Gasteiger partial charge in [0.05, 0.1) is 12.6 Å². The van der Waals surface area contributed by atoms with Gasteiger partial charge in [0.1, 0.15) is 5.01 Å². The van der Waals surface area contributed by atoms with Crippen molar-refractivity contribution in [1.29, 1.82) is 0 Å². The number of hydrogen-bond donors (Lipinski definition) is 2. The Labute approximate surface area is 88.6 Å². The van der Waals surface area contributed by atoms with Crippen LogP contribution in [0, 0.1) is 0 Å². The monoisotopic (exact) mass is 215 g/mol. The van der Waals surface area contributed by atoms with Crippen LogP contribution >= 0.6 is 11.3 Å². The van der Waals surface area contributed by atoms with Crippen molar-refractivity contribution in [2.75, 3.05) is 33.8 Å². The van der Waals surface area contributed by atoms with E-state index < -0.39 is 0 Å². The quantitative estimate of drug-likeness (QED) is 0.718. The van der Waals surface area contributed by atoms with Gasteiger partial charge in [0.15, 0.2) is 0 Å². The summed E-state index contributed by atoms with van der Waals surface area (Å²) in [6.45, 7) is 1.92. The van der Waals surface area contributed by atoms with Crippen molar-refractivity contribution in [3.05, 3.63) is 16.6 Å². The predicted molar refractivity (Wildman–Crippen MR) is 58.5 cm³/mol. The second kappa shape index (κ2) is 6.08. The molecule has 1 aromatic rings. The number of aliphatic hydroxyl groups is 1. The van der Waals surface area contributed by atoms with Gasteiger partial charge in [-0.25, -0.2) is 4.98 Å². The molecule has 5 heteroatoms. The van der Waals surface area contributed by atoms with Crippen LogP contribution in [0.3, 0.4) is 0 Å². The number of aliphatic hydroxyl groups excluding tert-OH is 1. The molecule has 4 nitrogen and oxygen atoms in total. The maximum Gasteiger partial charge on any atom is 0.112 e. The van der Waals surface area contributed by atoms with E-state index in [1.54, 1.807) is 17.5 Å². The Balaban J connectivity index is 2.33. The van der Waals surface area contributed by atoms with Gasteiger partial charge in [-0.3, -0.25) is 0 Å². The van der Waals surface area contributed by atoms with Gasteiger partial charge in [-0.2, -0.15) is 0 Å². The fraction of sp³-hybridized carbons (Fsp3) is 0.667. The Morgan fingerprint density at radius 2 is 2.43 bits per heavy atom. The molecule has 0 amide bonds. The molecular formula is C9H17N3OS. The van der Waals surface area contributed by atoms with Gasteiger partial charge >= 0.3 is 0 Å².